The Morgan fingerprint density at radius 3 is 2.54 bits per heavy atom. The van der Waals surface area contributed by atoms with E-state index in [0.29, 0.717) is 6.04 Å². The lowest BCUT2D eigenvalue weighted by molar-refractivity contribution is 0.622. The third kappa shape index (κ3) is 2.28. The van der Waals surface area contributed by atoms with E-state index in [-0.39, 0.29) is 5.82 Å². The Labute approximate surface area is 78.0 Å². The van der Waals surface area contributed by atoms with E-state index in [1.807, 2.05) is 12.1 Å². The third-order valence-corrected chi connectivity index (χ3v) is 2.59. The monoisotopic (exact) mass is 179 g/mol. The highest BCUT2D eigenvalue weighted by atomic mass is 19.1. The van der Waals surface area contributed by atoms with Crippen LogP contribution in [0, 0.1) is 11.7 Å². The van der Waals surface area contributed by atoms with Crippen LogP contribution in [0.5, 0.6) is 0 Å². The van der Waals surface area contributed by atoms with Crippen molar-refractivity contribution in [3.8, 4) is 0 Å². The molecule has 13 heavy (non-hydrogen) atoms. The first-order valence-corrected chi connectivity index (χ1v) is 4.73. The molecule has 0 aromatic heterocycles. The van der Waals surface area contributed by atoms with Crippen LogP contribution in [-0.2, 0) is 6.54 Å². The van der Waals surface area contributed by atoms with E-state index < -0.39 is 0 Å². The summed E-state index contributed by atoms with van der Waals surface area (Å²) >= 11 is 0. The van der Waals surface area contributed by atoms with Gasteiger partial charge in [-0.3, -0.25) is 0 Å². The van der Waals surface area contributed by atoms with Gasteiger partial charge in [0.25, 0.3) is 0 Å². The molecule has 1 fully saturated rings. The van der Waals surface area contributed by atoms with Gasteiger partial charge in [-0.15, -0.1) is 0 Å². The van der Waals surface area contributed by atoms with Gasteiger partial charge >= 0.3 is 0 Å². The number of benzene rings is 1. The van der Waals surface area contributed by atoms with Gasteiger partial charge in [0, 0.05) is 12.6 Å². The van der Waals surface area contributed by atoms with Gasteiger partial charge in [0.2, 0.25) is 0 Å². The lowest BCUT2D eigenvalue weighted by atomic mass is 10.2. The Morgan fingerprint density at radius 2 is 2.00 bits per heavy atom. The topological polar surface area (TPSA) is 12.0 Å². The molecule has 0 heterocycles. The average Bonchev–Trinajstić information content (AvgIpc) is 2.81. The molecule has 0 amide bonds. The Kier molecular flexibility index (Phi) is 2.32. The van der Waals surface area contributed by atoms with E-state index in [1.54, 1.807) is 0 Å². The molecule has 1 aromatic carbocycles. The first kappa shape index (κ1) is 8.70. The molecule has 1 N–H and O–H groups in total. The quantitative estimate of drug-likeness (QED) is 0.750. The van der Waals surface area contributed by atoms with Crippen molar-refractivity contribution in [2.24, 2.45) is 5.92 Å². The summed E-state index contributed by atoms with van der Waals surface area (Å²) in [5.74, 6) is 0.656. The average molecular weight is 179 g/mol. The lowest BCUT2D eigenvalue weighted by Gasteiger charge is -2.02. The minimum Gasteiger partial charge on any atom is -0.310 e. The second-order valence-corrected chi connectivity index (χ2v) is 3.83. The van der Waals surface area contributed by atoms with Crippen molar-refractivity contribution in [2.45, 2.75) is 25.9 Å². The van der Waals surface area contributed by atoms with Gasteiger partial charge in [-0.2, -0.15) is 0 Å². The summed E-state index contributed by atoms with van der Waals surface area (Å²) in [6.07, 6.45) is 1.28. The minimum atomic E-state index is -0.163. The molecule has 2 heteroatoms. The number of nitrogens with one attached hydrogen (secondary N) is 1. The number of hydrogen-bond acceptors (Lipinski definition) is 1. The Balaban J connectivity index is 1.84. The lowest BCUT2D eigenvalue weighted by Crippen LogP contribution is -2.16. The maximum absolute atomic E-state index is 12.5. The number of halogens is 1. The van der Waals surface area contributed by atoms with Gasteiger partial charge in [0.15, 0.2) is 0 Å². The minimum absolute atomic E-state index is 0.163. The van der Waals surface area contributed by atoms with Gasteiger partial charge in [-0.25, -0.2) is 4.39 Å². The van der Waals surface area contributed by atoms with Crippen LogP contribution in [-0.4, -0.2) is 6.04 Å². The Bertz CT molecular complexity index is 281. The fraction of sp³-hybridized carbons (Fsp3) is 0.455. The maximum Gasteiger partial charge on any atom is 0.123 e. The van der Waals surface area contributed by atoms with Gasteiger partial charge < -0.3 is 5.32 Å². The van der Waals surface area contributed by atoms with E-state index >= 15 is 0 Å². The Hall–Kier alpha value is -0.890. The molecule has 0 bridgehead atoms. The number of rotatable bonds is 3. The van der Waals surface area contributed by atoms with Crippen LogP contribution < -0.4 is 5.32 Å². The van der Waals surface area contributed by atoms with Gasteiger partial charge in [-0.1, -0.05) is 19.1 Å². The highest BCUT2D eigenvalue weighted by Gasteiger charge is 2.31. The standard InChI is InChI=1S/C11H14FN/c1-8-6-11(8)13-7-9-2-4-10(12)5-3-9/h2-5,8,11,13H,6-7H2,1H3. The smallest absolute Gasteiger partial charge is 0.123 e. The van der Waals surface area contributed by atoms with Crippen molar-refractivity contribution < 1.29 is 4.39 Å². The molecule has 2 rings (SSSR count). The molecule has 0 aliphatic heterocycles. The summed E-state index contributed by atoms with van der Waals surface area (Å²) in [6, 6.07) is 7.36. The molecule has 1 aliphatic carbocycles. The van der Waals surface area contributed by atoms with Crippen molar-refractivity contribution in [2.75, 3.05) is 0 Å². The van der Waals surface area contributed by atoms with Gasteiger partial charge in [0.05, 0.1) is 0 Å². The Morgan fingerprint density at radius 1 is 1.38 bits per heavy atom. The van der Waals surface area contributed by atoms with Crippen molar-refractivity contribution in [3.05, 3.63) is 35.6 Å². The van der Waals surface area contributed by atoms with Gasteiger partial charge in [-0.05, 0) is 30.0 Å². The third-order valence-electron chi connectivity index (χ3n) is 2.59. The highest BCUT2D eigenvalue weighted by molar-refractivity contribution is 5.16. The van der Waals surface area contributed by atoms with Crippen LogP contribution in [0.1, 0.15) is 18.9 Å². The van der Waals surface area contributed by atoms with Crippen LogP contribution in [0.4, 0.5) is 4.39 Å². The van der Waals surface area contributed by atoms with Crippen molar-refractivity contribution >= 4 is 0 Å². The summed E-state index contributed by atoms with van der Waals surface area (Å²) in [4.78, 5) is 0. The summed E-state index contributed by atoms with van der Waals surface area (Å²) < 4.78 is 12.5. The van der Waals surface area contributed by atoms with E-state index in [2.05, 4.69) is 12.2 Å². The van der Waals surface area contributed by atoms with Crippen LogP contribution >= 0.6 is 0 Å². The maximum atomic E-state index is 12.5. The van der Waals surface area contributed by atoms with Crippen molar-refractivity contribution in [1.82, 2.24) is 5.32 Å². The molecule has 0 spiro atoms. The molecular formula is C11H14FN. The molecule has 1 aliphatic rings. The predicted molar refractivity (Wildman–Crippen MR) is 50.8 cm³/mol. The summed E-state index contributed by atoms with van der Waals surface area (Å²) in [6.45, 7) is 3.09. The first-order valence-electron chi connectivity index (χ1n) is 4.73. The second-order valence-electron chi connectivity index (χ2n) is 3.83. The van der Waals surface area contributed by atoms with Crippen LogP contribution in [0.15, 0.2) is 24.3 Å². The largest absolute Gasteiger partial charge is 0.310 e. The van der Waals surface area contributed by atoms with Gasteiger partial charge in [0.1, 0.15) is 5.82 Å². The van der Waals surface area contributed by atoms with Crippen LogP contribution in [0.3, 0.4) is 0 Å². The molecule has 2 atom stereocenters. The van der Waals surface area contributed by atoms with E-state index in [1.165, 1.54) is 18.6 Å². The predicted octanol–water partition coefficient (Wildman–Crippen LogP) is 2.32. The zero-order valence-corrected chi connectivity index (χ0v) is 7.76. The first-order chi connectivity index (χ1) is 6.25. The molecule has 0 saturated heterocycles. The molecule has 1 aromatic rings. The number of hydrogen-bond donors (Lipinski definition) is 1. The van der Waals surface area contributed by atoms with Crippen molar-refractivity contribution in [3.63, 3.8) is 0 Å². The second kappa shape index (κ2) is 3.46. The molecule has 1 saturated carbocycles. The summed E-state index contributed by atoms with van der Waals surface area (Å²) in [7, 11) is 0. The summed E-state index contributed by atoms with van der Waals surface area (Å²) in [5, 5.41) is 3.42. The highest BCUT2D eigenvalue weighted by Crippen LogP contribution is 2.29. The molecule has 70 valence electrons. The zero-order chi connectivity index (χ0) is 9.26. The van der Waals surface area contributed by atoms with E-state index in [0.717, 1.165) is 18.0 Å². The summed E-state index contributed by atoms with van der Waals surface area (Å²) in [5.41, 5.74) is 1.15. The SMILES string of the molecule is CC1CC1NCc1ccc(F)cc1. The molecule has 0 radical (unpaired) electrons. The molecule has 2 unspecified atom stereocenters. The molecular weight excluding hydrogens is 165 g/mol. The normalized spacial score (nSPS) is 26.0. The van der Waals surface area contributed by atoms with Crippen LogP contribution in [0.25, 0.3) is 0 Å². The van der Waals surface area contributed by atoms with Crippen LogP contribution in [0.2, 0.25) is 0 Å². The van der Waals surface area contributed by atoms with E-state index in [4.69, 9.17) is 0 Å². The molecule has 1 nitrogen and oxygen atoms in total. The fourth-order valence-electron chi connectivity index (χ4n) is 1.46. The fourth-order valence-corrected chi connectivity index (χ4v) is 1.46. The van der Waals surface area contributed by atoms with E-state index in [9.17, 15) is 4.39 Å². The van der Waals surface area contributed by atoms with Crippen molar-refractivity contribution in [1.29, 1.82) is 0 Å². The zero-order valence-electron chi connectivity index (χ0n) is 7.76.